The van der Waals surface area contributed by atoms with Crippen LogP contribution in [0.15, 0.2) is 0 Å². The van der Waals surface area contributed by atoms with Crippen LogP contribution in [0.3, 0.4) is 0 Å². The maximum atomic E-state index is 11.7. The maximum Gasteiger partial charge on any atom is 0.326 e. The summed E-state index contributed by atoms with van der Waals surface area (Å²) in [5.74, 6) is -0.427. The lowest BCUT2D eigenvalue weighted by atomic mass is 10.1. The number of carbonyl (C=O) groups is 1. The summed E-state index contributed by atoms with van der Waals surface area (Å²) in [7, 11) is 0. The topological polar surface area (TPSA) is 61.5 Å². The van der Waals surface area contributed by atoms with Crippen molar-refractivity contribution in [2.45, 2.75) is 71.8 Å². The van der Waals surface area contributed by atoms with Gasteiger partial charge in [0, 0.05) is 0 Å². The van der Waals surface area contributed by atoms with Crippen LogP contribution in [0.4, 0.5) is 0 Å². The summed E-state index contributed by atoms with van der Waals surface area (Å²) in [6, 6.07) is -0.751. The fourth-order valence-corrected chi connectivity index (χ4v) is 1.19. The Morgan fingerprint density at radius 3 is 1.81 bits per heavy atom. The highest BCUT2D eigenvalue weighted by Crippen LogP contribution is 2.15. The van der Waals surface area contributed by atoms with Crippen molar-refractivity contribution in [1.82, 2.24) is 0 Å². The third-order valence-corrected chi connectivity index (χ3v) is 1.72. The fraction of sp³-hybridized carbons (Fsp3) is 0.917. The van der Waals surface area contributed by atoms with E-state index in [0.717, 1.165) is 0 Å². The third kappa shape index (κ3) is 6.80. The highest BCUT2D eigenvalue weighted by Gasteiger charge is 2.29. The Hall–Kier alpha value is -0.610. The van der Waals surface area contributed by atoms with Crippen LogP contribution in [-0.4, -0.2) is 29.3 Å². The lowest BCUT2D eigenvalue weighted by Crippen LogP contribution is -2.47. The number of carbonyl (C=O) groups excluding carboxylic acids is 1. The molecule has 0 aliphatic carbocycles. The van der Waals surface area contributed by atoms with Gasteiger partial charge in [-0.25, -0.2) is 0 Å². The number of esters is 1. The van der Waals surface area contributed by atoms with E-state index in [1.165, 1.54) is 0 Å². The van der Waals surface area contributed by atoms with Gasteiger partial charge in [-0.05, 0) is 48.5 Å². The Morgan fingerprint density at radius 2 is 1.50 bits per heavy atom. The van der Waals surface area contributed by atoms with Crippen molar-refractivity contribution < 1.29 is 14.3 Å². The number of hydrogen-bond acceptors (Lipinski definition) is 4. The molecule has 0 amide bonds. The first-order valence-electron chi connectivity index (χ1n) is 5.58. The van der Waals surface area contributed by atoms with Gasteiger partial charge in [-0.3, -0.25) is 4.79 Å². The van der Waals surface area contributed by atoms with Crippen LogP contribution in [0.25, 0.3) is 0 Å². The molecule has 0 aromatic carbocycles. The average molecular weight is 231 g/mol. The van der Waals surface area contributed by atoms with Crippen LogP contribution in [0.5, 0.6) is 0 Å². The second-order valence-corrected chi connectivity index (χ2v) is 5.99. The monoisotopic (exact) mass is 231 g/mol. The standard InChI is InChI=1S/C12H25NO3/c1-8(15-11(2,3)4)9(13)10(14)16-12(5,6)7/h8-9H,13H2,1-7H3/t8?,9-/m1/s1. The molecular formula is C12H25NO3. The largest absolute Gasteiger partial charge is 0.459 e. The molecule has 0 saturated carbocycles. The van der Waals surface area contributed by atoms with Crippen LogP contribution in [0.2, 0.25) is 0 Å². The molecule has 0 radical (unpaired) electrons. The van der Waals surface area contributed by atoms with E-state index in [1.54, 1.807) is 6.92 Å². The number of nitrogens with two attached hydrogens (primary N) is 1. The second kappa shape index (κ2) is 5.15. The molecule has 0 saturated heterocycles. The Morgan fingerprint density at radius 1 is 1.06 bits per heavy atom. The molecule has 2 atom stereocenters. The van der Waals surface area contributed by atoms with Gasteiger partial charge in [0.2, 0.25) is 0 Å². The molecular weight excluding hydrogens is 206 g/mol. The molecule has 0 bridgehead atoms. The van der Waals surface area contributed by atoms with Crippen LogP contribution in [0.1, 0.15) is 48.5 Å². The molecule has 4 heteroatoms. The SMILES string of the molecule is CC(OC(C)(C)C)[C@@H](N)C(=O)OC(C)(C)C. The van der Waals surface area contributed by atoms with Gasteiger partial charge in [0.25, 0.3) is 0 Å². The fourth-order valence-electron chi connectivity index (χ4n) is 1.19. The first-order valence-corrected chi connectivity index (χ1v) is 5.58. The van der Waals surface area contributed by atoms with E-state index in [9.17, 15) is 4.79 Å². The minimum atomic E-state index is -0.751. The minimum absolute atomic E-state index is 0.320. The zero-order chi connectivity index (χ0) is 13.1. The van der Waals surface area contributed by atoms with Crippen LogP contribution in [0, 0.1) is 0 Å². The molecule has 0 aliphatic rings. The number of rotatable bonds is 3. The summed E-state index contributed by atoms with van der Waals surface area (Å²) in [6.45, 7) is 13.0. The van der Waals surface area contributed by atoms with E-state index < -0.39 is 17.6 Å². The molecule has 0 fully saturated rings. The van der Waals surface area contributed by atoms with E-state index in [4.69, 9.17) is 15.2 Å². The van der Waals surface area contributed by atoms with Gasteiger partial charge < -0.3 is 15.2 Å². The smallest absolute Gasteiger partial charge is 0.326 e. The summed E-state index contributed by atoms with van der Waals surface area (Å²) in [5, 5.41) is 0. The Bertz CT molecular complexity index is 238. The molecule has 2 N–H and O–H groups in total. The molecule has 0 aliphatic heterocycles. The van der Waals surface area contributed by atoms with Crippen molar-refractivity contribution in [1.29, 1.82) is 0 Å². The quantitative estimate of drug-likeness (QED) is 0.753. The summed E-state index contributed by atoms with van der Waals surface area (Å²) in [6.07, 6.45) is -0.366. The highest BCUT2D eigenvalue weighted by molar-refractivity contribution is 5.76. The third-order valence-electron chi connectivity index (χ3n) is 1.72. The van der Waals surface area contributed by atoms with Gasteiger partial charge in [-0.2, -0.15) is 0 Å². The molecule has 0 spiro atoms. The lowest BCUT2D eigenvalue weighted by molar-refractivity contribution is -0.162. The maximum absolute atomic E-state index is 11.7. The van der Waals surface area contributed by atoms with Crippen molar-refractivity contribution in [3.05, 3.63) is 0 Å². The van der Waals surface area contributed by atoms with Gasteiger partial charge in [-0.15, -0.1) is 0 Å². The van der Waals surface area contributed by atoms with Crippen LogP contribution < -0.4 is 5.73 Å². The Balaban J connectivity index is 4.34. The predicted octanol–water partition coefficient (Wildman–Crippen LogP) is 1.86. The molecule has 0 heterocycles. The second-order valence-electron chi connectivity index (χ2n) is 5.99. The van der Waals surface area contributed by atoms with E-state index in [0.29, 0.717) is 0 Å². The van der Waals surface area contributed by atoms with Crippen molar-refractivity contribution in [3.8, 4) is 0 Å². The highest BCUT2D eigenvalue weighted by atomic mass is 16.6. The van der Waals surface area contributed by atoms with Crippen molar-refractivity contribution in [3.63, 3.8) is 0 Å². The van der Waals surface area contributed by atoms with Crippen molar-refractivity contribution >= 4 is 5.97 Å². The number of ether oxygens (including phenoxy) is 2. The molecule has 0 rings (SSSR count). The Labute approximate surface area is 98.5 Å². The summed E-state index contributed by atoms with van der Waals surface area (Å²) < 4.78 is 10.8. The van der Waals surface area contributed by atoms with Crippen molar-refractivity contribution in [2.75, 3.05) is 0 Å². The predicted molar refractivity (Wildman–Crippen MR) is 64.1 cm³/mol. The van der Waals surface area contributed by atoms with E-state index in [-0.39, 0.29) is 11.7 Å². The Kier molecular flexibility index (Phi) is 4.95. The molecule has 96 valence electrons. The average Bonchev–Trinajstić information content (AvgIpc) is 1.96. The van der Waals surface area contributed by atoms with Crippen molar-refractivity contribution in [2.24, 2.45) is 5.73 Å². The molecule has 4 nitrogen and oxygen atoms in total. The van der Waals surface area contributed by atoms with E-state index in [1.807, 2.05) is 41.5 Å². The zero-order valence-corrected chi connectivity index (χ0v) is 11.5. The minimum Gasteiger partial charge on any atom is -0.459 e. The van der Waals surface area contributed by atoms with Gasteiger partial charge in [0.15, 0.2) is 0 Å². The van der Waals surface area contributed by atoms with Crippen LogP contribution >= 0.6 is 0 Å². The van der Waals surface area contributed by atoms with E-state index >= 15 is 0 Å². The van der Waals surface area contributed by atoms with Gasteiger partial charge in [-0.1, -0.05) is 0 Å². The van der Waals surface area contributed by atoms with E-state index in [2.05, 4.69) is 0 Å². The molecule has 16 heavy (non-hydrogen) atoms. The first-order chi connectivity index (χ1) is 6.92. The number of hydrogen-bond donors (Lipinski definition) is 1. The normalized spacial score (nSPS) is 16.8. The molecule has 0 aromatic rings. The summed E-state index contributed by atoms with van der Waals surface area (Å²) in [4.78, 5) is 11.7. The zero-order valence-electron chi connectivity index (χ0n) is 11.5. The molecule has 0 aromatic heterocycles. The van der Waals surface area contributed by atoms with Gasteiger partial charge >= 0.3 is 5.97 Å². The first kappa shape index (κ1) is 15.4. The molecule has 1 unspecified atom stereocenters. The van der Waals surface area contributed by atoms with Gasteiger partial charge in [0.1, 0.15) is 11.6 Å². The lowest BCUT2D eigenvalue weighted by Gasteiger charge is -2.29. The van der Waals surface area contributed by atoms with Crippen LogP contribution in [-0.2, 0) is 14.3 Å². The summed E-state index contributed by atoms with van der Waals surface area (Å²) in [5.41, 5.74) is 4.94. The summed E-state index contributed by atoms with van der Waals surface area (Å²) >= 11 is 0. The van der Waals surface area contributed by atoms with Gasteiger partial charge in [0.05, 0.1) is 11.7 Å².